The second-order valence-corrected chi connectivity index (χ2v) is 5.28. The molecule has 0 bridgehead atoms. The van der Waals surface area contributed by atoms with Crippen molar-refractivity contribution in [2.24, 2.45) is 0 Å². The molecule has 1 unspecified atom stereocenters. The molecular weight excluding hydrogens is 292 g/mol. The molecule has 7 heteroatoms. The number of rotatable bonds is 8. The van der Waals surface area contributed by atoms with Crippen LogP contribution in [-0.4, -0.2) is 41.8 Å². The Bertz CT molecular complexity index is 465. The summed E-state index contributed by atoms with van der Waals surface area (Å²) in [6.07, 6.45) is 2.87. The predicted molar refractivity (Wildman–Crippen MR) is 84.2 cm³/mol. The first-order valence-corrected chi connectivity index (χ1v) is 7.95. The average molecular weight is 312 g/mol. The summed E-state index contributed by atoms with van der Waals surface area (Å²) in [5, 5.41) is 14.1. The molecule has 1 atom stereocenters. The van der Waals surface area contributed by atoms with Crippen molar-refractivity contribution in [1.29, 1.82) is 0 Å². The van der Waals surface area contributed by atoms with Crippen LogP contribution in [0.3, 0.4) is 0 Å². The van der Waals surface area contributed by atoms with Gasteiger partial charge in [0, 0.05) is 17.5 Å². The highest BCUT2D eigenvalue weighted by Crippen LogP contribution is 2.15. The summed E-state index contributed by atoms with van der Waals surface area (Å²) in [6, 6.07) is 6.42. The summed E-state index contributed by atoms with van der Waals surface area (Å²) < 4.78 is 5.01. The fraction of sp³-hybridized carbons (Fsp3) is 0.429. The van der Waals surface area contributed by atoms with E-state index in [-0.39, 0.29) is 18.7 Å². The van der Waals surface area contributed by atoms with E-state index in [1.165, 1.54) is 0 Å². The minimum absolute atomic E-state index is 0.137. The number of amides is 2. The maximum absolute atomic E-state index is 11.8. The smallest absolute Gasteiger partial charge is 0.341 e. The summed E-state index contributed by atoms with van der Waals surface area (Å²) in [5.41, 5.74) is 0.620. The molecule has 0 fully saturated rings. The second kappa shape index (κ2) is 9.12. The van der Waals surface area contributed by atoms with Gasteiger partial charge in [0.15, 0.2) is 6.61 Å². The number of thioether (sulfide) groups is 1. The Kier molecular flexibility index (Phi) is 7.45. The first-order chi connectivity index (χ1) is 10.0. The zero-order valence-electron chi connectivity index (χ0n) is 12.1. The molecule has 3 N–H and O–H groups in total. The molecule has 0 radical (unpaired) electrons. The van der Waals surface area contributed by atoms with E-state index in [4.69, 9.17) is 9.84 Å². The number of benzene rings is 1. The zero-order chi connectivity index (χ0) is 15.7. The zero-order valence-corrected chi connectivity index (χ0v) is 12.9. The Morgan fingerprint density at radius 1 is 1.33 bits per heavy atom. The Hall–Kier alpha value is -1.89. The van der Waals surface area contributed by atoms with E-state index in [1.807, 2.05) is 13.2 Å². The van der Waals surface area contributed by atoms with E-state index >= 15 is 0 Å². The van der Waals surface area contributed by atoms with Crippen LogP contribution in [-0.2, 0) is 4.79 Å². The number of hydrogen-bond donors (Lipinski definition) is 3. The van der Waals surface area contributed by atoms with Gasteiger partial charge in [0.05, 0.1) is 0 Å². The molecule has 0 aromatic heterocycles. The van der Waals surface area contributed by atoms with Gasteiger partial charge in [0.25, 0.3) is 0 Å². The quantitative estimate of drug-likeness (QED) is 0.686. The summed E-state index contributed by atoms with van der Waals surface area (Å²) in [5.74, 6) is 0.277. The van der Waals surface area contributed by atoms with E-state index in [0.29, 0.717) is 11.4 Å². The molecule has 1 rings (SSSR count). The van der Waals surface area contributed by atoms with Crippen LogP contribution in [0.1, 0.15) is 13.3 Å². The minimum atomic E-state index is -1.03. The summed E-state index contributed by atoms with van der Waals surface area (Å²) >= 11 is 1.69. The Morgan fingerprint density at radius 3 is 2.52 bits per heavy atom. The average Bonchev–Trinajstić information content (AvgIpc) is 2.46. The lowest BCUT2D eigenvalue weighted by molar-refractivity contribution is -0.139. The van der Waals surface area contributed by atoms with Crippen molar-refractivity contribution in [1.82, 2.24) is 5.32 Å². The topological polar surface area (TPSA) is 87.7 Å². The summed E-state index contributed by atoms with van der Waals surface area (Å²) in [7, 11) is 0. The molecule has 0 aliphatic rings. The van der Waals surface area contributed by atoms with Crippen molar-refractivity contribution in [3.05, 3.63) is 24.3 Å². The van der Waals surface area contributed by atoms with Gasteiger partial charge < -0.3 is 20.5 Å². The van der Waals surface area contributed by atoms with Gasteiger partial charge in [0.2, 0.25) is 0 Å². The normalized spacial score (nSPS) is 11.5. The molecule has 21 heavy (non-hydrogen) atoms. The third-order valence-electron chi connectivity index (χ3n) is 2.67. The first-order valence-electron chi connectivity index (χ1n) is 6.56. The molecule has 116 valence electrons. The standard InChI is InChI=1S/C14H20N2O4S/c1-3-10(9-21-2)15-14(19)16-11-4-6-12(7-5-11)20-8-13(17)18/h4-7,10H,3,8-9H2,1-2H3,(H,17,18)(H2,15,16,19). The van der Waals surface area contributed by atoms with E-state index in [2.05, 4.69) is 10.6 Å². The number of carboxylic acid groups (broad SMARTS) is 1. The van der Waals surface area contributed by atoms with E-state index in [1.54, 1.807) is 36.0 Å². The van der Waals surface area contributed by atoms with Crippen molar-refractivity contribution >= 4 is 29.4 Å². The lowest BCUT2D eigenvalue weighted by Crippen LogP contribution is -2.39. The SMILES string of the molecule is CCC(CSC)NC(=O)Nc1ccc(OCC(=O)O)cc1. The van der Waals surface area contributed by atoms with Gasteiger partial charge >= 0.3 is 12.0 Å². The molecule has 0 aliphatic carbocycles. The molecule has 0 saturated heterocycles. The van der Waals surface area contributed by atoms with Gasteiger partial charge in [-0.3, -0.25) is 0 Å². The highest BCUT2D eigenvalue weighted by Gasteiger charge is 2.09. The first kappa shape index (κ1) is 17.2. The number of nitrogens with one attached hydrogen (secondary N) is 2. The molecule has 0 saturated carbocycles. The van der Waals surface area contributed by atoms with Gasteiger partial charge in [-0.15, -0.1) is 0 Å². The minimum Gasteiger partial charge on any atom is -0.482 e. The van der Waals surface area contributed by atoms with Crippen LogP contribution < -0.4 is 15.4 Å². The second-order valence-electron chi connectivity index (χ2n) is 4.37. The highest BCUT2D eigenvalue weighted by molar-refractivity contribution is 7.98. The predicted octanol–water partition coefficient (Wildman–Crippen LogP) is 2.41. The summed E-state index contributed by atoms with van der Waals surface area (Å²) in [6.45, 7) is 1.63. The summed E-state index contributed by atoms with van der Waals surface area (Å²) in [4.78, 5) is 22.2. The highest BCUT2D eigenvalue weighted by atomic mass is 32.2. The molecule has 0 spiro atoms. The lowest BCUT2D eigenvalue weighted by atomic mass is 10.2. The van der Waals surface area contributed by atoms with Crippen LogP contribution in [0.15, 0.2) is 24.3 Å². The molecule has 0 heterocycles. The number of urea groups is 1. The van der Waals surface area contributed by atoms with Crippen molar-refractivity contribution < 1.29 is 19.4 Å². The van der Waals surface area contributed by atoms with Crippen molar-refractivity contribution in [3.63, 3.8) is 0 Å². The molecule has 2 amide bonds. The van der Waals surface area contributed by atoms with E-state index < -0.39 is 5.97 Å². The Balaban J connectivity index is 2.47. The number of carbonyl (C=O) groups excluding carboxylic acids is 1. The molecule has 1 aromatic rings. The number of hydrogen-bond acceptors (Lipinski definition) is 4. The van der Waals surface area contributed by atoms with Crippen LogP contribution in [0.4, 0.5) is 10.5 Å². The van der Waals surface area contributed by atoms with Crippen LogP contribution in [0.2, 0.25) is 0 Å². The largest absolute Gasteiger partial charge is 0.482 e. The van der Waals surface area contributed by atoms with Crippen molar-refractivity contribution in [2.75, 3.05) is 23.9 Å². The maximum Gasteiger partial charge on any atom is 0.341 e. The van der Waals surface area contributed by atoms with Crippen LogP contribution >= 0.6 is 11.8 Å². The van der Waals surface area contributed by atoms with Crippen LogP contribution in [0.25, 0.3) is 0 Å². The number of carbonyl (C=O) groups is 2. The lowest BCUT2D eigenvalue weighted by Gasteiger charge is -2.16. The van der Waals surface area contributed by atoms with Crippen molar-refractivity contribution in [2.45, 2.75) is 19.4 Å². The van der Waals surface area contributed by atoms with Gasteiger partial charge in [-0.1, -0.05) is 6.92 Å². The van der Waals surface area contributed by atoms with E-state index in [9.17, 15) is 9.59 Å². The van der Waals surface area contributed by atoms with Crippen molar-refractivity contribution in [3.8, 4) is 5.75 Å². The third kappa shape index (κ3) is 6.89. The van der Waals surface area contributed by atoms with Gasteiger partial charge in [-0.2, -0.15) is 11.8 Å². The molecule has 0 aliphatic heterocycles. The van der Waals surface area contributed by atoms with Gasteiger partial charge in [0.1, 0.15) is 5.75 Å². The van der Waals surface area contributed by atoms with Crippen LogP contribution in [0, 0.1) is 0 Å². The Morgan fingerprint density at radius 2 is 2.00 bits per heavy atom. The fourth-order valence-corrected chi connectivity index (χ4v) is 2.32. The third-order valence-corrected chi connectivity index (χ3v) is 3.41. The molecule has 6 nitrogen and oxygen atoms in total. The number of carboxylic acids is 1. The van der Waals surface area contributed by atoms with Gasteiger partial charge in [-0.05, 0) is 36.9 Å². The molecule has 1 aromatic carbocycles. The van der Waals surface area contributed by atoms with Gasteiger partial charge in [-0.25, -0.2) is 9.59 Å². The Labute approximate surface area is 128 Å². The fourth-order valence-electron chi connectivity index (χ4n) is 1.59. The molecular formula is C14H20N2O4S. The number of ether oxygens (including phenoxy) is 1. The van der Waals surface area contributed by atoms with E-state index in [0.717, 1.165) is 12.2 Å². The number of anilines is 1. The maximum atomic E-state index is 11.8. The van der Waals surface area contributed by atoms with Crippen LogP contribution in [0.5, 0.6) is 5.75 Å². The number of aliphatic carboxylic acids is 1. The monoisotopic (exact) mass is 312 g/mol.